The van der Waals surface area contributed by atoms with Crippen molar-refractivity contribution in [1.29, 1.82) is 0 Å². The molecule has 1 fully saturated rings. The van der Waals surface area contributed by atoms with Gasteiger partial charge in [0.25, 0.3) is 0 Å². The number of para-hydroxylation sites is 1. The smallest absolute Gasteiger partial charge is 0.238 e. The van der Waals surface area contributed by atoms with Gasteiger partial charge in [-0.2, -0.15) is 0 Å². The molecule has 6 heteroatoms. The molecule has 0 aliphatic carbocycles. The highest BCUT2D eigenvalue weighted by Crippen LogP contribution is 2.23. The Bertz CT molecular complexity index is 472. The standard InChI is InChI=1S/C15H22BrN3O.ClH/c1-11-5-4-8-19(14(11)9-17)10-15(20)18-13-7-3-2-6-12(13)16;/h2-3,6-7,11,14H,4-5,8-10,17H2,1H3,(H,18,20);1H. The predicted molar refractivity (Wildman–Crippen MR) is 92.8 cm³/mol. The number of nitrogens with zero attached hydrogens (tertiary/aromatic N) is 1. The average Bonchev–Trinajstić information content (AvgIpc) is 2.42. The van der Waals surface area contributed by atoms with Crippen LogP contribution in [0.2, 0.25) is 0 Å². The number of carbonyl (C=O) groups is 1. The van der Waals surface area contributed by atoms with Gasteiger partial charge in [-0.3, -0.25) is 9.69 Å². The molecule has 0 spiro atoms. The number of nitrogens with two attached hydrogens (primary N) is 1. The van der Waals surface area contributed by atoms with Gasteiger partial charge >= 0.3 is 0 Å². The maximum absolute atomic E-state index is 12.2. The molecule has 0 radical (unpaired) electrons. The number of amides is 1. The first-order chi connectivity index (χ1) is 9.61. The summed E-state index contributed by atoms with van der Waals surface area (Å²) in [6.07, 6.45) is 2.34. The molecule has 118 valence electrons. The van der Waals surface area contributed by atoms with Crippen LogP contribution in [0.3, 0.4) is 0 Å². The molecule has 1 aliphatic rings. The van der Waals surface area contributed by atoms with E-state index < -0.39 is 0 Å². The normalized spacial score (nSPS) is 22.4. The van der Waals surface area contributed by atoms with Crippen LogP contribution >= 0.6 is 28.3 Å². The van der Waals surface area contributed by atoms with E-state index in [1.807, 2.05) is 24.3 Å². The lowest BCUT2D eigenvalue weighted by Gasteiger charge is -2.38. The van der Waals surface area contributed by atoms with Crippen molar-refractivity contribution < 1.29 is 4.79 Å². The zero-order valence-electron chi connectivity index (χ0n) is 12.2. The van der Waals surface area contributed by atoms with Crippen LogP contribution in [0.5, 0.6) is 0 Å². The van der Waals surface area contributed by atoms with Gasteiger partial charge in [-0.15, -0.1) is 12.4 Å². The van der Waals surface area contributed by atoms with E-state index in [-0.39, 0.29) is 18.3 Å². The lowest BCUT2D eigenvalue weighted by molar-refractivity contribution is -0.118. The van der Waals surface area contributed by atoms with Gasteiger partial charge in [0.05, 0.1) is 12.2 Å². The van der Waals surface area contributed by atoms with Gasteiger partial charge in [0.1, 0.15) is 0 Å². The fourth-order valence-corrected chi connectivity index (χ4v) is 3.23. The minimum atomic E-state index is 0. The zero-order valence-corrected chi connectivity index (χ0v) is 14.6. The molecule has 1 saturated heterocycles. The van der Waals surface area contributed by atoms with Gasteiger partial charge in [-0.1, -0.05) is 19.1 Å². The largest absolute Gasteiger partial charge is 0.329 e. The van der Waals surface area contributed by atoms with E-state index in [9.17, 15) is 4.79 Å². The van der Waals surface area contributed by atoms with Crippen molar-refractivity contribution in [2.45, 2.75) is 25.8 Å². The Balaban J connectivity index is 0.00000220. The molecule has 3 N–H and O–H groups in total. The summed E-state index contributed by atoms with van der Waals surface area (Å²) in [7, 11) is 0. The van der Waals surface area contributed by atoms with E-state index >= 15 is 0 Å². The summed E-state index contributed by atoms with van der Waals surface area (Å²) < 4.78 is 0.899. The molecular formula is C15H23BrClN3O. The summed E-state index contributed by atoms with van der Waals surface area (Å²) in [5, 5.41) is 2.95. The fraction of sp³-hybridized carbons (Fsp3) is 0.533. The van der Waals surface area contributed by atoms with E-state index in [1.165, 1.54) is 6.42 Å². The number of halogens is 2. The molecule has 0 aromatic heterocycles. The number of hydrogen-bond donors (Lipinski definition) is 2. The number of rotatable bonds is 4. The first kappa shape index (κ1) is 18.4. The van der Waals surface area contributed by atoms with Gasteiger partial charge in [-0.05, 0) is 53.4 Å². The first-order valence-electron chi connectivity index (χ1n) is 7.10. The topological polar surface area (TPSA) is 58.4 Å². The van der Waals surface area contributed by atoms with Crippen LogP contribution < -0.4 is 11.1 Å². The quantitative estimate of drug-likeness (QED) is 0.849. The molecule has 2 unspecified atom stereocenters. The van der Waals surface area contributed by atoms with Crippen molar-refractivity contribution >= 4 is 39.9 Å². The van der Waals surface area contributed by atoms with Gasteiger partial charge < -0.3 is 11.1 Å². The van der Waals surface area contributed by atoms with Crippen molar-refractivity contribution in [1.82, 2.24) is 4.90 Å². The first-order valence-corrected chi connectivity index (χ1v) is 7.89. The molecule has 0 bridgehead atoms. The molecule has 21 heavy (non-hydrogen) atoms. The summed E-state index contributed by atoms with van der Waals surface area (Å²) in [4.78, 5) is 14.4. The van der Waals surface area contributed by atoms with Gasteiger partial charge in [0.15, 0.2) is 0 Å². The number of anilines is 1. The number of piperidine rings is 1. The van der Waals surface area contributed by atoms with Gasteiger partial charge in [0, 0.05) is 17.1 Å². The lowest BCUT2D eigenvalue weighted by atomic mass is 9.91. The van der Waals surface area contributed by atoms with E-state index in [1.54, 1.807) is 0 Å². The third kappa shape index (κ3) is 4.95. The monoisotopic (exact) mass is 375 g/mol. The number of hydrogen-bond acceptors (Lipinski definition) is 3. The van der Waals surface area contributed by atoms with Crippen molar-refractivity contribution in [2.75, 3.05) is 25.0 Å². The highest BCUT2D eigenvalue weighted by Gasteiger charge is 2.28. The van der Waals surface area contributed by atoms with Crippen molar-refractivity contribution in [2.24, 2.45) is 11.7 Å². The molecule has 1 aromatic rings. The average molecular weight is 377 g/mol. The highest BCUT2D eigenvalue weighted by atomic mass is 79.9. The van der Waals surface area contributed by atoms with Crippen LogP contribution in [0.1, 0.15) is 19.8 Å². The van der Waals surface area contributed by atoms with Crippen molar-refractivity contribution in [3.8, 4) is 0 Å². The second-order valence-corrected chi connectivity index (χ2v) is 6.28. The van der Waals surface area contributed by atoms with Crippen LogP contribution in [0, 0.1) is 5.92 Å². The SMILES string of the molecule is CC1CCCN(CC(=O)Nc2ccccc2Br)C1CN.Cl. The fourth-order valence-electron chi connectivity index (χ4n) is 2.85. The number of nitrogens with one attached hydrogen (secondary N) is 1. The molecule has 1 amide bonds. The number of carbonyl (C=O) groups excluding carboxylic acids is 1. The third-order valence-electron chi connectivity index (χ3n) is 3.97. The molecule has 1 aliphatic heterocycles. The Kier molecular flexibility index (Phi) is 7.66. The summed E-state index contributed by atoms with van der Waals surface area (Å²) >= 11 is 3.44. The molecule has 1 heterocycles. The molecule has 4 nitrogen and oxygen atoms in total. The molecule has 2 atom stereocenters. The van der Waals surface area contributed by atoms with E-state index in [4.69, 9.17) is 5.73 Å². The van der Waals surface area contributed by atoms with Crippen molar-refractivity contribution in [3.63, 3.8) is 0 Å². The predicted octanol–water partition coefficient (Wildman–Crippen LogP) is 2.87. The lowest BCUT2D eigenvalue weighted by Crippen LogP contribution is -2.51. The summed E-state index contributed by atoms with van der Waals surface area (Å²) in [5.41, 5.74) is 6.67. The number of benzene rings is 1. The van der Waals surface area contributed by atoms with Crippen LogP contribution in [-0.2, 0) is 4.79 Å². The summed E-state index contributed by atoms with van der Waals surface area (Å²) in [6, 6.07) is 7.96. The Labute approximate surface area is 141 Å². The Morgan fingerprint density at radius 3 is 2.86 bits per heavy atom. The van der Waals surface area contributed by atoms with Crippen LogP contribution in [0.25, 0.3) is 0 Å². The third-order valence-corrected chi connectivity index (χ3v) is 4.66. The molecular weight excluding hydrogens is 354 g/mol. The second-order valence-electron chi connectivity index (χ2n) is 5.42. The Morgan fingerprint density at radius 1 is 1.48 bits per heavy atom. The summed E-state index contributed by atoms with van der Waals surface area (Å²) in [6.45, 7) is 4.20. The van der Waals surface area contributed by atoms with Crippen molar-refractivity contribution in [3.05, 3.63) is 28.7 Å². The maximum atomic E-state index is 12.2. The minimum Gasteiger partial charge on any atom is -0.329 e. The molecule has 2 rings (SSSR count). The maximum Gasteiger partial charge on any atom is 0.238 e. The highest BCUT2D eigenvalue weighted by molar-refractivity contribution is 9.10. The van der Waals surface area contributed by atoms with Crippen LogP contribution in [0.15, 0.2) is 28.7 Å². The van der Waals surface area contributed by atoms with Gasteiger partial charge in [-0.25, -0.2) is 0 Å². The molecule has 1 aromatic carbocycles. The number of likely N-dealkylation sites (tertiary alicyclic amines) is 1. The van der Waals surface area contributed by atoms with E-state index in [2.05, 4.69) is 33.1 Å². The van der Waals surface area contributed by atoms with Crippen LogP contribution in [-0.4, -0.2) is 36.5 Å². The Hall–Kier alpha value is -0.620. The van der Waals surface area contributed by atoms with E-state index in [0.29, 0.717) is 25.0 Å². The molecule has 0 saturated carbocycles. The summed E-state index contributed by atoms with van der Waals surface area (Å²) in [5.74, 6) is 0.578. The zero-order chi connectivity index (χ0) is 14.5. The van der Waals surface area contributed by atoms with E-state index in [0.717, 1.165) is 23.1 Å². The van der Waals surface area contributed by atoms with Crippen LogP contribution in [0.4, 0.5) is 5.69 Å². The second kappa shape index (κ2) is 8.73. The Morgan fingerprint density at radius 2 is 2.19 bits per heavy atom. The van der Waals surface area contributed by atoms with Gasteiger partial charge in [0.2, 0.25) is 5.91 Å². The minimum absolute atomic E-state index is 0.